The molecule has 4 rings (SSSR count). The van der Waals surface area contributed by atoms with Gasteiger partial charge in [-0.25, -0.2) is 0 Å². The van der Waals surface area contributed by atoms with Crippen molar-refractivity contribution in [1.82, 2.24) is 9.88 Å². The molecule has 1 aromatic heterocycles. The molecule has 2 atom stereocenters. The van der Waals surface area contributed by atoms with Crippen molar-refractivity contribution in [3.8, 4) is 0 Å². The van der Waals surface area contributed by atoms with Crippen LogP contribution in [0.1, 0.15) is 42.5 Å². The number of aliphatic hydroxyl groups is 1. The van der Waals surface area contributed by atoms with Crippen molar-refractivity contribution in [2.75, 3.05) is 13.1 Å². The molecule has 0 saturated heterocycles. The van der Waals surface area contributed by atoms with Gasteiger partial charge in [-0.15, -0.1) is 0 Å². The summed E-state index contributed by atoms with van der Waals surface area (Å²) in [7, 11) is 0. The van der Waals surface area contributed by atoms with Gasteiger partial charge >= 0.3 is 0 Å². The zero-order valence-corrected chi connectivity index (χ0v) is 16.3. The number of benzene rings is 1. The van der Waals surface area contributed by atoms with Gasteiger partial charge in [-0.3, -0.25) is 4.99 Å². The minimum Gasteiger partial charge on any atom is -0.385 e. The average Bonchev–Trinajstić information content (AvgIpc) is 2.76. The molecule has 0 aliphatic carbocycles. The van der Waals surface area contributed by atoms with Crippen molar-refractivity contribution in [2.45, 2.75) is 51.2 Å². The minimum atomic E-state index is -0.905. The average molecular weight is 364 g/mol. The predicted molar refractivity (Wildman–Crippen MR) is 113 cm³/mol. The number of hydrogen-bond donors (Lipinski definition) is 2. The van der Waals surface area contributed by atoms with Crippen LogP contribution in [-0.2, 0) is 13.0 Å². The van der Waals surface area contributed by atoms with Gasteiger partial charge in [-0.2, -0.15) is 0 Å². The molecule has 1 aromatic carbocycles. The number of rotatable bonds is 3. The summed E-state index contributed by atoms with van der Waals surface area (Å²) in [5.74, 6) is 0.275. The first-order chi connectivity index (χ1) is 13.1. The Hall–Kier alpha value is -2.17. The van der Waals surface area contributed by atoms with E-state index in [0.29, 0.717) is 12.8 Å². The summed E-state index contributed by atoms with van der Waals surface area (Å²) in [6.07, 6.45) is 7.68. The molecule has 4 nitrogen and oxygen atoms in total. The summed E-state index contributed by atoms with van der Waals surface area (Å²) in [5, 5.41) is 16.6. The van der Waals surface area contributed by atoms with Crippen LogP contribution in [0.5, 0.6) is 0 Å². The molecule has 2 aliphatic heterocycles. The molecule has 0 saturated carbocycles. The zero-order valence-electron chi connectivity index (χ0n) is 16.3. The third-order valence-electron chi connectivity index (χ3n) is 6.15. The monoisotopic (exact) mass is 363 g/mol. The van der Waals surface area contributed by atoms with E-state index in [2.05, 4.69) is 46.6 Å². The molecule has 0 fully saturated rings. The molecule has 4 heteroatoms. The third-order valence-corrected chi connectivity index (χ3v) is 6.15. The normalized spacial score (nSPS) is 26.0. The highest BCUT2D eigenvalue weighted by atomic mass is 16.3. The number of nitrogens with one attached hydrogen (secondary N) is 1. The van der Waals surface area contributed by atoms with Gasteiger partial charge in [0.25, 0.3) is 0 Å². The highest BCUT2D eigenvalue weighted by molar-refractivity contribution is 5.87. The van der Waals surface area contributed by atoms with Crippen molar-refractivity contribution in [3.63, 3.8) is 0 Å². The van der Waals surface area contributed by atoms with Crippen molar-refractivity contribution in [3.05, 3.63) is 59.4 Å². The Morgan fingerprint density at radius 1 is 1.44 bits per heavy atom. The Labute approximate surface area is 161 Å². The molecule has 0 bridgehead atoms. The number of aromatic nitrogens is 1. The van der Waals surface area contributed by atoms with E-state index >= 15 is 0 Å². The smallest absolute Gasteiger partial charge is 0.0935 e. The highest BCUT2D eigenvalue weighted by Crippen LogP contribution is 2.43. The Bertz CT molecular complexity index is 937. The molecule has 0 radical (unpaired) electrons. The maximum atomic E-state index is 11.6. The molecule has 27 heavy (non-hydrogen) atoms. The van der Waals surface area contributed by atoms with E-state index in [-0.39, 0.29) is 5.92 Å². The number of fused-ring (bicyclic) bond motifs is 3. The minimum absolute atomic E-state index is 0.275. The molecule has 2 unspecified atom stereocenters. The summed E-state index contributed by atoms with van der Waals surface area (Å²) in [5.41, 5.74) is 5.40. The van der Waals surface area contributed by atoms with Crippen LogP contribution in [0.2, 0.25) is 0 Å². The van der Waals surface area contributed by atoms with Gasteiger partial charge in [-0.05, 0) is 57.4 Å². The molecule has 2 aromatic rings. The van der Waals surface area contributed by atoms with Gasteiger partial charge in [0.05, 0.1) is 5.60 Å². The molecule has 0 spiro atoms. The highest BCUT2D eigenvalue weighted by Gasteiger charge is 2.39. The Kier molecular flexibility index (Phi) is 4.79. The first-order valence-corrected chi connectivity index (χ1v) is 9.93. The second kappa shape index (κ2) is 7.10. The first-order valence-electron chi connectivity index (χ1n) is 9.93. The maximum Gasteiger partial charge on any atom is 0.0935 e. The topological polar surface area (TPSA) is 49.6 Å². The number of aryl methyl sites for hydroxylation is 2. The summed E-state index contributed by atoms with van der Waals surface area (Å²) in [6.45, 7) is 10.7. The van der Waals surface area contributed by atoms with Crippen LogP contribution in [-0.4, -0.2) is 34.6 Å². The van der Waals surface area contributed by atoms with Crippen molar-refractivity contribution in [2.24, 2.45) is 4.99 Å². The fourth-order valence-corrected chi connectivity index (χ4v) is 4.87. The second-order valence-corrected chi connectivity index (χ2v) is 7.87. The van der Waals surface area contributed by atoms with Gasteiger partial charge < -0.3 is 15.0 Å². The summed E-state index contributed by atoms with van der Waals surface area (Å²) in [4.78, 5) is 4.25. The first kappa shape index (κ1) is 18.2. The van der Waals surface area contributed by atoms with Gasteiger partial charge in [0.2, 0.25) is 0 Å². The molecule has 0 amide bonds. The molecule has 2 N–H and O–H groups in total. The quantitative estimate of drug-likeness (QED) is 0.642. The van der Waals surface area contributed by atoms with Gasteiger partial charge in [-0.1, -0.05) is 24.3 Å². The van der Waals surface area contributed by atoms with E-state index < -0.39 is 5.60 Å². The number of hydrogen-bond acceptors (Lipinski definition) is 3. The standard InChI is InChI=1S/C23H29N3O/c1-4-18(15-24-5-2)23(27)9-11-26-21-7-6-16(3)12-20(21)19-8-10-25-14-17(13-23)22(19)26/h4-7,12,15,17,25,27H,1,8-11,13-14H2,2-3H3/b18-15+,24-5?. The third kappa shape index (κ3) is 3.07. The van der Waals surface area contributed by atoms with Gasteiger partial charge in [0.15, 0.2) is 0 Å². The van der Waals surface area contributed by atoms with Crippen LogP contribution in [0.4, 0.5) is 0 Å². The SMILES string of the molecule is C=C/C(=C\N=CC)C1(O)CCn2c3c(c4cc(C)ccc42)CCNCC3C1. The van der Waals surface area contributed by atoms with Crippen molar-refractivity contribution in [1.29, 1.82) is 0 Å². The molecule has 2 aliphatic rings. The van der Waals surface area contributed by atoms with E-state index in [1.807, 2.05) is 6.92 Å². The lowest BCUT2D eigenvalue weighted by Crippen LogP contribution is -2.34. The fourth-order valence-electron chi connectivity index (χ4n) is 4.87. The van der Waals surface area contributed by atoms with E-state index in [9.17, 15) is 5.11 Å². The molecular weight excluding hydrogens is 334 g/mol. The lowest BCUT2D eigenvalue weighted by atomic mass is 9.81. The summed E-state index contributed by atoms with van der Waals surface area (Å²) in [6, 6.07) is 6.77. The molecule has 3 heterocycles. The molecule has 142 valence electrons. The second-order valence-electron chi connectivity index (χ2n) is 7.87. The van der Waals surface area contributed by atoms with E-state index in [1.165, 1.54) is 27.7 Å². The van der Waals surface area contributed by atoms with Crippen LogP contribution in [0.3, 0.4) is 0 Å². The fraction of sp³-hybridized carbons (Fsp3) is 0.435. The summed E-state index contributed by atoms with van der Waals surface area (Å²) >= 11 is 0. The Morgan fingerprint density at radius 3 is 3.07 bits per heavy atom. The van der Waals surface area contributed by atoms with Crippen LogP contribution >= 0.6 is 0 Å². The van der Waals surface area contributed by atoms with Crippen LogP contribution in [0.15, 0.2) is 47.6 Å². The van der Waals surface area contributed by atoms with Gasteiger partial charge in [0.1, 0.15) is 0 Å². The van der Waals surface area contributed by atoms with Gasteiger partial charge in [0, 0.05) is 53.6 Å². The van der Waals surface area contributed by atoms with Crippen molar-refractivity contribution < 1.29 is 5.11 Å². The van der Waals surface area contributed by atoms with E-state index in [4.69, 9.17) is 0 Å². The van der Waals surface area contributed by atoms with E-state index in [0.717, 1.165) is 31.6 Å². The maximum absolute atomic E-state index is 11.6. The van der Waals surface area contributed by atoms with Crippen LogP contribution < -0.4 is 5.32 Å². The lowest BCUT2D eigenvalue weighted by molar-refractivity contribution is 0.0573. The number of aliphatic imine (C=N–C) groups is 1. The Balaban J connectivity index is 1.86. The lowest BCUT2D eigenvalue weighted by Gasteiger charge is -2.30. The predicted octanol–water partition coefficient (Wildman–Crippen LogP) is 3.86. The van der Waals surface area contributed by atoms with Crippen LogP contribution in [0.25, 0.3) is 10.9 Å². The zero-order chi connectivity index (χ0) is 19.0. The molecular formula is C23H29N3O. The Morgan fingerprint density at radius 2 is 2.30 bits per heavy atom. The largest absolute Gasteiger partial charge is 0.385 e. The summed E-state index contributed by atoms with van der Waals surface area (Å²) < 4.78 is 2.46. The number of nitrogens with zero attached hydrogens (tertiary/aromatic N) is 2. The van der Waals surface area contributed by atoms with Crippen LogP contribution in [0, 0.1) is 6.92 Å². The van der Waals surface area contributed by atoms with Crippen molar-refractivity contribution >= 4 is 17.1 Å². The van der Waals surface area contributed by atoms with E-state index in [1.54, 1.807) is 18.5 Å².